The maximum atomic E-state index is 10.9. The van der Waals surface area contributed by atoms with Crippen molar-refractivity contribution in [2.45, 2.75) is 13.0 Å². The molecule has 2 aromatic carbocycles. The van der Waals surface area contributed by atoms with Gasteiger partial charge in [-0.2, -0.15) is 0 Å². The van der Waals surface area contributed by atoms with Crippen molar-refractivity contribution in [1.82, 2.24) is 14.5 Å². The highest BCUT2D eigenvalue weighted by Crippen LogP contribution is 2.26. The molecule has 138 valence electrons. The number of pyridine rings is 1. The number of nitrogens with one attached hydrogen (secondary N) is 1. The summed E-state index contributed by atoms with van der Waals surface area (Å²) in [6.45, 7) is 1.23. The van der Waals surface area contributed by atoms with E-state index >= 15 is 0 Å². The van der Waals surface area contributed by atoms with Crippen LogP contribution in [0.25, 0.3) is 21.8 Å². The predicted octanol–water partition coefficient (Wildman–Crippen LogP) is 4.42. The lowest BCUT2D eigenvalue weighted by molar-refractivity contribution is -0.396. The van der Waals surface area contributed by atoms with Crippen molar-refractivity contribution in [2.75, 3.05) is 11.9 Å². The number of aromatic nitrogens is 3. The molecule has 0 aliphatic rings. The predicted molar refractivity (Wildman–Crippen MR) is 108 cm³/mol. The molecular formula is C19H18ClN5O2. The Morgan fingerprint density at radius 3 is 2.78 bits per heavy atom. The van der Waals surface area contributed by atoms with Crippen molar-refractivity contribution in [2.24, 2.45) is 0 Å². The fraction of sp³-hybridized carbons (Fsp3) is 0.158. The van der Waals surface area contributed by atoms with E-state index in [0.717, 1.165) is 33.9 Å². The second-order valence-electron chi connectivity index (χ2n) is 6.01. The van der Waals surface area contributed by atoms with E-state index in [1.54, 1.807) is 10.8 Å². The third-order valence-electron chi connectivity index (χ3n) is 4.31. The molecule has 0 amide bonds. The van der Waals surface area contributed by atoms with Gasteiger partial charge in [0.2, 0.25) is 0 Å². The molecular weight excluding hydrogens is 366 g/mol. The number of benzene rings is 2. The zero-order valence-corrected chi connectivity index (χ0v) is 15.2. The van der Waals surface area contributed by atoms with E-state index in [0.29, 0.717) is 13.1 Å². The summed E-state index contributed by atoms with van der Waals surface area (Å²) in [4.78, 5) is 18.9. The number of anilines is 1. The Morgan fingerprint density at radius 2 is 1.93 bits per heavy atom. The van der Waals surface area contributed by atoms with Crippen LogP contribution in [0.4, 0.5) is 11.6 Å². The Morgan fingerprint density at radius 1 is 1.11 bits per heavy atom. The van der Waals surface area contributed by atoms with Crippen LogP contribution in [0.3, 0.4) is 0 Å². The van der Waals surface area contributed by atoms with Gasteiger partial charge in [-0.15, -0.1) is 12.4 Å². The third-order valence-corrected chi connectivity index (χ3v) is 4.31. The van der Waals surface area contributed by atoms with Gasteiger partial charge >= 0.3 is 5.95 Å². The number of rotatable bonds is 6. The molecule has 0 bridgehead atoms. The van der Waals surface area contributed by atoms with Gasteiger partial charge in [0, 0.05) is 23.0 Å². The number of hydrogen-bond acceptors (Lipinski definition) is 5. The first kappa shape index (κ1) is 18.6. The van der Waals surface area contributed by atoms with Gasteiger partial charge in [0.1, 0.15) is 12.4 Å². The van der Waals surface area contributed by atoms with Crippen LogP contribution < -0.4 is 5.32 Å². The monoisotopic (exact) mass is 383 g/mol. The molecule has 0 radical (unpaired) electrons. The summed E-state index contributed by atoms with van der Waals surface area (Å²) >= 11 is 0. The van der Waals surface area contributed by atoms with Crippen LogP contribution in [0.1, 0.15) is 6.42 Å². The van der Waals surface area contributed by atoms with E-state index in [1.165, 1.54) is 6.20 Å². The zero-order valence-electron chi connectivity index (χ0n) is 14.4. The van der Waals surface area contributed by atoms with Crippen molar-refractivity contribution < 1.29 is 4.92 Å². The molecule has 0 unspecified atom stereocenters. The number of nitro groups is 1. The standard InChI is InChI=1S/C19H17N5O2.ClH/c25-24(26)19-21-10-12-23(19)11-4-9-20-17-7-3-8-18-15(17)13-14-5-1-2-6-16(14)22-18;/h1-3,5-8,10,12-13,20H,4,9,11H2;1H. The molecule has 0 aliphatic heterocycles. The molecule has 0 fully saturated rings. The lowest BCUT2D eigenvalue weighted by atomic mass is 10.1. The molecule has 2 heterocycles. The SMILES string of the molecule is Cl.O=[N+]([O-])c1nccn1CCCNc1cccc2nc3ccccc3cc12. The number of halogens is 1. The second-order valence-corrected chi connectivity index (χ2v) is 6.01. The van der Waals surface area contributed by atoms with E-state index in [4.69, 9.17) is 4.98 Å². The van der Waals surface area contributed by atoms with E-state index in [9.17, 15) is 10.1 Å². The Balaban J connectivity index is 0.00000210. The number of nitrogens with zero attached hydrogens (tertiary/aromatic N) is 4. The Bertz CT molecular complexity index is 1100. The molecule has 0 spiro atoms. The summed E-state index contributed by atoms with van der Waals surface area (Å²) in [5.74, 6) is -0.120. The summed E-state index contributed by atoms with van der Waals surface area (Å²) in [6.07, 6.45) is 3.83. The fourth-order valence-corrected chi connectivity index (χ4v) is 3.07. The first-order valence-electron chi connectivity index (χ1n) is 8.40. The van der Waals surface area contributed by atoms with Crippen LogP contribution in [0.5, 0.6) is 0 Å². The van der Waals surface area contributed by atoms with Crippen molar-refractivity contribution in [3.63, 3.8) is 0 Å². The van der Waals surface area contributed by atoms with E-state index in [2.05, 4.69) is 22.4 Å². The molecule has 0 aliphatic carbocycles. The molecule has 1 N–H and O–H groups in total. The van der Waals surface area contributed by atoms with Gasteiger partial charge < -0.3 is 15.4 Å². The normalized spacial score (nSPS) is 10.7. The van der Waals surface area contributed by atoms with Gasteiger partial charge in [0.15, 0.2) is 0 Å². The summed E-state index contributed by atoms with van der Waals surface area (Å²) in [5.41, 5.74) is 2.93. The molecule has 7 nitrogen and oxygen atoms in total. The summed E-state index contributed by atoms with van der Waals surface area (Å²) < 4.78 is 1.56. The maximum Gasteiger partial charge on any atom is 0.434 e. The minimum absolute atomic E-state index is 0. The van der Waals surface area contributed by atoms with Crippen molar-refractivity contribution in [3.8, 4) is 0 Å². The van der Waals surface area contributed by atoms with Gasteiger partial charge in [-0.05, 0) is 35.6 Å². The molecule has 0 saturated heterocycles. The zero-order chi connectivity index (χ0) is 17.9. The van der Waals surface area contributed by atoms with Crippen LogP contribution in [0.2, 0.25) is 0 Å². The van der Waals surface area contributed by atoms with Crippen molar-refractivity contribution in [1.29, 1.82) is 0 Å². The molecule has 0 atom stereocenters. The van der Waals surface area contributed by atoms with Crippen LogP contribution in [0, 0.1) is 10.1 Å². The summed E-state index contributed by atoms with van der Waals surface area (Å²) in [6, 6.07) is 16.2. The number of para-hydroxylation sites is 1. The van der Waals surface area contributed by atoms with Crippen LogP contribution in [-0.2, 0) is 6.54 Å². The number of hydrogen-bond donors (Lipinski definition) is 1. The number of aryl methyl sites for hydroxylation is 1. The lowest BCUT2D eigenvalue weighted by Gasteiger charge is -2.10. The van der Waals surface area contributed by atoms with Crippen molar-refractivity contribution >= 4 is 45.8 Å². The molecule has 4 aromatic rings. The molecule has 4 rings (SSSR count). The maximum absolute atomic E-state index is 10.9. The topological polar surface area (TPSA) is 85.9 Å². The molecule has 27 heavy (non-hydrogen) atoms. The molecule has 0 saturated carbocycles. The molecule has 8 heteroatoms. The summed E-state index contributed by atoms with van der Waals surface area (Å²) in [7, 11) is 0. The number of fused-ring (bicyclic) bond motifs is 2. The van der Waals surface area contributed by atoms with Gasteiger partial charge in [-0.1, -0.05) is 29.2 Å². The third kappa shape index (κ3) is 3.83. The van der Waals surface area contributed by atoms with Crippen LogP contribution >= 0.6 is 12.4 Å². The Hall–Kier alpha value is -3.19. The fourth-order valence-electron chi connectivity index (χ4n) is 3.07. The highest BCUT2D eigenvalue weighted by Gasteiger charge is 2.13. The summed E-state index contributed by atoms with van der Waals surface area (Å²) in [5, 5.41) is 16.5. The van der Waals surface area contributed by atoms with Gasteiger partial charge in [0.25, 0.3) is 0 Å². The average molecular weight is 384 g/mol. The first-order valence-corrected chi connectivity index (χ1v) is 8.40. The lowest BCUT2D eigenvalue weighted by Crippen LogP contribution is -2.08. The molecule has 2 aromatic heterocycles. The average Bonchev–Trinajstić information content (AvgIpc) is 3.12. The van der Waals surface area contributed by atoms with E-state index in [-0.39, 0.29) is 18.4 Å². The van der Waals surface area contributed by atoms with Gasteiger partial charge in [0.05, 0.1) is 17.6 Å². The minimum Gasteiger partial charge on any atom is -0.390 e. The largest absolute Gasteiger partial charge is 0.434 e. The van der Waals surface area contributed by atoms with E-state index in [1.807, 2.05) is 36.4 Å². The minimum atomic E-state index is -0.463. The number of imidazole rings is 1. The van der Waals surface area contributed by atoms with Crippen molar-refractivity contribution in [3.05, 3.63) is 71.0 Å². The van der Waals surface area contributed by atoms with Gasteiger partial charge in [-0.3, -0.25) is 0 Å². The Labute approximate surface area is 161 Å². The van der Waals surface area contributed by atoms with Crippen LogP contribution in [-0.4, -0.2) is 26.0 Å². The highest BCUT2D eigenvalue weighted by atomic mass is 35.5. The Kier molecular flexibility index (Phi) is 5.52. The van der Waals surface area contributed by atoms with E-state index < -0.39 is 4.92 Å². The first-order chi connectivity index (χ1) is 12.7. The highest BCUT2D eigenvalue weighted by molar-refractivity contribution is 5.99. The quantitative estimate of drug-likeness (QED) is 0.230. The smallest absolute Gasteiger partial charge is 0.390 e. The second kappa shape index (κ2) is 8.01. The van der Waals surface area contributed by atoms with Crippen LogP contribution in [0.15, 0.2) is 60.9 Å². The van der Waals surface area contributed by atoms with Gasteiger partial charge in [-0.25, -0.2) is 9.55 Å².